The first kappa shape index (κ1) is 26.7. The van der Waals surface area contributed by atoms with Gasteiger partial charge in [0.2, 0.25) is 0 Å². The van der Waals surface area contributed by atoms with Crippen molar-refractivity contribution in [3.8, 4) is 11.5 Å². The third kappa shape index (κ3) is 6.32. The number of hydrazone groups is 1. The Balaban J connectivity index is 1.52. The highest BCUT2D eigenvalue weighted by atomic mass is 35.5. The predicted octanol–water partition coefficient (Wildman–Crippen LogP) is 5.13. The van der Waals surface area contributed by atoms with Crippen molar-refractivity contribution in [2.24, 2.45) is 5.10 Å². The van der Waals surface area contributed by atoms with Crippen molar-refractivity contribution >= 4 is 35.0 Å². The van der Waals surface area contributed by atoms with Crippen molar-refractivity contribution in [1.29, 1.82) is 0 Å². The van der Waals surface area contributed by atoms with E-state index in [2.05, 4.69) is 25.4 Å². The molecule has 1 aromatic heterocycles. The van der Waals surface area contributed by atoms with Crippen LogP contribution in [0.25, 0.3) is 0 Å². The van der Waals surface area contributed by atoms with Crippen LogP contribution in [0.4, 0.5) is 19.3 Å². The van der Waals surface area contributed by atoms with E-state index in [0.717, 1.165) is 5.01 Å². The Hall–Kier alpha value is -4.32. The van der Waals surface area contributed by atoms with Crippen molar-refractivity contribution in [3.05, 3.63) is 76.6 Å². The lowest BCUT2D eigenvalue weighted by atomic mass is 10.0. The van der Waals surface area contributed by atoms with Crippen LogP contribution in [0.3, 0.4) is 0 Å². The molecule has 198 valence electrons. The Labute approximate surface area is 221 Å². The van der Waals surface area contributed by atoms with E-state index < -0.39 is 24.7 Å². The smallest absolute Gasteiger partial charge is 0.431 e. The standard InChI is InChI=1S/C25H22ClF2N5O5/c1-3-18-22(15-6-10-19(36-2)20(12-15)37-24(27)28)32-33(25(35)38-18)13-14-4-7-16(8-5-14)29-23(34)17-9-11-21(26)31-30-17/h4-12,18,24H,3,13H2,1-2H3,(H,29,34). The predicted molar refractivity (Wildman–Crippen MR) is 134 cm³/mol. The number of alkyl halides is 2. The molecule has 1 aliphatic heterocycles. The highest BCUT2D eigenvalue weighted by Crippen LogP contribution is 2.31. The number of amides is 2. The Morgan fingerprint density at radius 2 is 1.89 bits per heavy atom. The van der Waals surface area contributed by atoms with E-state index in [1.807, 2.05) is 6.92 Å². The number of methoxy groups -OCH3 is 1. The van der Waals surface area contributed by atoms with E-state index in [1.54, 1.807) is 30.3 Å². The summed E-state index contributed by atoms with van der Waals surface area (Å²) in [4.78, 5) is 24.9. The molecule has 3 aromatic rings. The molecule has 10 nitrogen and oxygen atoms in total. The van der Waals surface area contributed by atoms with Crippen molar-refractivity contribution in [3.63, 3.8) is 0 Å². The number of ether oxygens (including phenoxy) is 3. The van der Waals surface area contributed by atoms with Gasteiger partial charge in [-0.2, -0.15) is 18.9 Å². The van der Waals surface area contributed by atoms with E-state index in [1.165, 1.54) is 31.4 Å². The van der Waals surface area contributed by atoms with Gasteiger partial charge in [-0.05, 0) is 54.4 Å². The van der Waals surface area contributed by atoms with Crippen LogP contribution in [0.2, 0.25) is 5.15 Å². The second-order valence-electron chi connectivity index (χ2n) is 7.96. The van der Waals surface area contributed by atoms with E-state index in [0.29, 0.717) is 28.9 Å². The maximum absolute atomic E-state index is 12.9. The number of aromatic nitrogens is 2. The molecule has 0 spiro atoms. The Morgan fingerprint density at radius 1 is 1.13 bits per heavy atom. The largest absolute Gasteiger partial charge is 0.493 e. The summed E-state index contributed by atoms with van der Waals surface area (Å²) in [6.45, 7) is -1.17. The molecular formula is C25H22ClF2N5O5. The lowest BCUT2D eigenvalue weighted by Crippen LogP contribution is -2.41. The molecule has 0 aliphatic carbocycles. The summed E-state index contributed by atoms with van der Waals surface area (Å²) >= 11 is 5.69. The van der Waals surface area contributed by atoms with Gasteiger partial charge in [-0.15, -0.1) is 10.2 Å². The Bertz CT molecular complexity index is 1340. The molecule has 1 atom stereocenters. The molecule has 2 heterocycles. The number of anilines is 1. The topological polar surface area (TPSA) is 115 Å². The highest BCUT2D eigenvalue weighted by Gasteiger charge is 2.31. The summed E-state index contributed by atoms with van der Waals surface area (Å²) in [6.07, 6.45) is -0.918. The van der Waals surface area contributed by atoms with Gasteiger partial charge in [-0.1, -0.05) is 30.7 Å². The first-order chi connectivity index (χ1) is 18.3. The van der Waals surface area contributed by atoms with Gasteiger partial charge < -0.3 is 19.5 Å². The average Bonchev–Trinajstić information content (AvgIpc) is 2.90. The molecule has 1 unspecified atom stereocenters. The van der Waals surface area contributed by atoms with Gasteiger partial charge >= 0.3 is 12.7 Å². The summed E-state index contributed by atoms with van der Waals surface area (Å²) in [5, 5.41) is 15.8. The summed E-state index contributed by atoms with van der Waals surface area (Å²) in [7, 11) is 1.34. The third-order valence-corrected chi connectivity index (χ3v) is 5.64. The number of benzene rings is 2. The molecule has 0 saturated heterocycles. The number of nitrogens with one attached hydrogen (secondary N) is 1. The van der Waals surface area contributed by atoms with Crippen LogP contribution in [0.1, 0.15) is 35.0 Å². The zero-order chi connectivity index (χ0) is 27.2. The quantitative estimate of drug-likeness (QED) is 0.396. The van der Waals surface area contributed by atoms with Crippen LogP contribution in [-0.4, -0.2) is 52.7 Å². The average molecular weight is 546 g/mol. The summed E-state index contributed by atoms with van der Waals surface area (Å²) < 4.78 is 41.0. The maximum Gasteiger partial charge on any atom is 0.431 e. The minimum Gasteiger partial charge on any atom is -0.493 e. The zero-order valence-electron chi connectivity index (χ0n) is 20.2. The molecule has 0 bridgehead atoms. The molecule has 38 heavy (non-hydrogen) atoms. The van der Waals surface area contributed by atoms with E-state index in [9.17, 15) is 18.4 Å². The number of halogens is 3. The van der Waals surface area contributed by atoms with E-state index >= 15 is 0 Å². The van der Waals surface area contributed by atoms with Crippen LogP contribution in [0.15, 0.2) is 59.7 Å². The number of rotatable bonds is 9. The lowest BCUT2D eigenvalue weighted by Gasteiger charge is -2.29. The first-order valence-corrected chi connectivity index (χ1v) is 11.7. The van der Waals surface area contributed by atoms with Gasteiger partial charge in [0.05, 0.1) is 13.7 Å². The zero-order valence-corrected chi connectivity index (χ0v) is 21.0. The summed E-state index contributed by atoms with van der Waals surface area (Å²) in [5.74, 6) is -0.498. The minimum atomic E-state index is -3.05. The van der Waals surface area contributed by atoms with Crippen LogP contribution >= 0.6 is 11.6 Å². The van der Waals surface area contributed by atoms with Crippen LogP contribution < -0.4 is 14.8 Å². The second-order valence-corrected chi connectivity index (χ2v) is 8.35. The Morgan fingerprint density at radius 3 is 2.53 bits per heavy atom. The van der Waals surface area contributed by atoms with Crippen molar-refractivity contribution in [1.82, 2.24) is 15.2 Å². The molecule has 0 fully saturated rings. The van der Waals surface area contributed by atoms with Gasteiger partial charge in [-0.3, -0.25) is 4.79 Å². The normalized spacial score (nSPS) is 15.1. The number of hydrogen-bond donors (Lipinski definition) is 1. The van der Waals surface area contributed by atoms with Gasteiger partial charge in [0, 0.05) is 11.3 Å². The van der Waals surface area contributed by atoms with Gasteiger partial charge in [-0.25, -0.2) is 4.79 Å². The molecule has 2 amide bonds. The lowest BCUT2D eigenvalue weighted by molar-refractivity contribution is -0.0512. The molecule has 2 aromatic carbocycles. The van der Waals surface area contributed by atoms with E-state index in [-0.39, 0.29) is 28.9 Å². The van der Waals surface area contributed by atoms with Crippen molar-refractivity contribution in [2.75, 3.05) is 12.4 Å². The fraction of sp³-hybridized carbons (Fsp3) is 0.240. The van der Waals surface area contributed by atoms with Gasteiger partial charge in [0.25, 0.3) is 5.91 Å². The van der Waals surface area contributed by atoms with Gasteiger partial charge in [0.1, 0.15) is 11.8 Å². The SMILES string of the molecule is CCC1OC(=O)N(Cc2ccc(NC(=O)c3ccc(Cl)nn3)cc2)N=C1c1ccc(OC)c(OC(F)F)c1. The highest BCUT2D eigenvalue weighted by molar-refractivity contribution is 6.29. The number of cyclic esters (lactones) is 1. The number of hydrogen-bond acceptors (Lipinski definition) is 8. The fourth-order valence-electron chi connectivity index (χ4n) is 3.62. The minimum absolute atomic E-state index is 0.0617. The molecule has 0 saturated carbocycles. The Kier molecular flexibility index (Phi) is 8.31. The van der Waals surface area contributed by atoms with Crippen molar-refractivity contribution < 1.29 is 32.6 Å². The summed E-state index contributed by atoms with van der Waals surface area (Å²) in [5.41, 5.74) is 2.11. The molecular weight excluding hydrogens is 524 g/mol. The molecule has 4 rings (SSSR count). The van der Waals surface area contributed by atoms with Crippen LogP contribution in [-0.2, 0) is 11.3 Å². The monoisotopic (exact) mass is 545 g/mol. The van der Waals surface area contributed by atoms with Crippen LogP contribution in [0, 0.1) is 0 Å². The summed E-state index contributed by atoms with van der Waals surface area (Å²) in [6, 6.07) is 14.1. The number of carbonyl (C=O) groups excluding carboxylic acids is 2. The second kappa shape index (κ2) is 11.8. The van der Waals surface area contributed by atoms with Crippen molar-refractivity contribution in [2.45, 2.75) is 32.6 Å². The number of nitrogens with zero attached hydrogens (tertiary/aromatic N) is 4. The molecule has 0 radical (unpaired) electrons. The van der Waals surface area contributed by atoms with Crippen LogP contribution in [0.5, 0.6) is 11.5 Å². The maximum atomic E-state index is 12.9. The number of carbonyl (C=O) groups is 2. The van der Waals surface area contributed by atoms with Gasteiger partial charge in [0.15, 0.2) is 22.3 Å². The van der Waals surface area contributed by atoms with E-state index in [4.69, 9.17) is 21.1 Å². The third-order valence-electron chi connectivity index (χ3n) is 5.44. The molecule has 13 heteroatoms. The first-order valence-electron chi connectivity index (χ1n) is 11.4. The molecule has 1 aliphatic rings. The fourth-order valence-corrected chi connectivity index (χ4v) is 3.72. The molecule has 1 N–H and O–H groups in total.